The summed E-state index contributed by atoms with van der Waals surface area (Å²) in [6.07, 6.45) is -1.15. The minimum absolute atomic E-state index is 0.00904. The fourth-order valence-electron chi connectivity index (χ4n) is 2.80. The summed E-state index contributed by atoms with van der Waals surface area (Å²) in [6.45, 7) is 2.75. The van der Waals surface area contributed by atoms with E-state index in [1.165, 1.54) is 38.2 Å². The third kappa shape index (κ3) is 7.72. The first-order valence-electron chi connectivity index (χ1n) is 10.0. The van der Waals surface area contributed by atoms with Crippen LogP contribution in [0.1, 0.15) is 25.5 Å². The number of likely N-dealkylation sites (N-methyl/N-ethyl adjacent to an activating group) is 1. The Balaban J connectivity index is 1.80. The normalized spacial score (nSPS) is 13.4. The molecular weight excluding hydrogens is 434 g/mol. The van der Waals surface area contributed by atoms with Crippen LogP contribution in [0.2, 0.25) is 0 Å². The topological polar surface area (TPSA) is 125 Å². The number of nitrogens with one attached hydrogen (secondary N) is 2. The van der Waals surface area contributed by atoms with Gasteiger partial charge in [0, 0.05) is 26.2 Å². The van der Waals surface area contributed by atoms with Crippen molar-refractivity contribution in [1.29, 1.82) is 0 Å². The maximum atomic E-state index is 12.6. The van der Waals surface area contributed by atoms with E-state index < -0.39 is 28.6 Å². The predicted octanol–water partition coefficient (Wildman–Crippen LogP) is 1.52. The van der Waals surface area contributed by atoms with Crippen LogP contribution in [0.3, 0.4) is 0 Å². The van der Waals surface area contributed by atoms with Crippen LogP contribution in [0, 0.1) is 0 Å². The van der Waals surface area contributed by atoms with Crippen LogP contribution in [-0.4, -0.2) is 62.5 Å². The zero-order valence-electron chi connectivity index (χ0n) is 18.3. The number of anilines is 1. The monoisotopic (exact) mass is 463 g/mol. The van der Waals surface area contributed by atoms with Crippen LogP contribution in [0.25, 0.3) is 0 Å². The van der Waals surface area contributed by atoms with E-state index in [0.717, 1.165) is 9.87 Å². The molecule has 9 nitrogen and oxygen atoms in total. The molecule has 2 atom stereocenters. The summed E-state index contributed by atoms with van der Waals surface area (Å²) >= 11 is 0. The van der Waals surface area contributed by atoms with E-state index in [2.05, 4.69) is 10.6 Å². The number of rotatable bonds is 11. The molecule has 174 valence electrons. The lowest BCUT2D eigenvalue weighted by molar-refractivity contribution is -0.122. The molecule has 3 N–H and O–H groups in total. The van der Waals surface area contributed by atoms with Gasteiger partial charge in [-0.15, -0.1) is 0 Å². The van der Waals surface area contributed by atoms with Crippen LogP contribution in [0.15, 0.2) is 59.5 Å². The van der Waals surface area contributed by atoms with E-state index in [-0.39, 0.29) is 30.1 Å². The fraction of sp³-hybridized carbons (Fsp3) is 0.364. The van der Waals surface area contributed by atoms with E-state index >= 15 is 0 Å². The lowest BCUT2D eigenvalue weighted by atomic mass is 10.1. The molecule has 0 saturated heterocycles. The van der Waals surface area contributed by atoms with Crippen LogP contribution in [0.4, 0.5) is 5.69 Å². The van der Waals surface area contributed by atoms with Gasteiger partial charge in [0.1, 0.15) is 0 Å². The Morgan fingerprint density at radius 1 is 1.09 bits per heavy atom. The van der Waals surface area contributed by atoms with Crippen molar-refractivity contribution in [3.63, 3.8) is 0 Å². The van der Waals surface area contributed by atoms with Gasteiger partial charge in [-0.25, -0.2) is 8.42 Å². The van der Waals surface area contributed by atoms with Gasteiger partial charge in [0.2, 0.25) is 21.8 Å². The molecule has 10 heteroatoms. The highest BCUT2D eigenvalue weighted by Crippen LogP contribution is 2.18. The van der Waals surface area contributed by atoms with Gasteiger partial charge < -0.3 is 20.5 Å². The van der Waals surface area contributed by atoms with Crippen molar-refractivity contribution in [3.8, 4) is 0 Å². The molecule has 0 radical (unpaired) electrons. The summed E-state index contributed by atoms with van der Waals surface area (Å²) in [6, 6.07) is 15.2. The van der Waals surface area contributed by atoms with Crippen molar-refractivity contribution in [1.82, 2.24) is 9.62 Å². The van der Waals surface area contributed by atoms with Crippen LogP contribution < -0.4 is 10.6 Å². The van der Waals surface area contributed by atoms with Crippen LogP contribution in [-0.2, 0) is 24.3 Å². The quantitative estimate of drug-likeness (QED) is 0.464. The first kappa shape index (κ1) is 25.5. The average molecular weight is 464 g/mol. The molecule has 0 saturated carbocycles. The van der Waals surface area contributed by atoms with Crippen molar-refractivity contribution >= 4 is 27.5 Å². The second-order valence-electron chi connectivity index (χ2n) is 7.31. The van der Waals surface area contributed by atoms with E-state index in [1.807, 2.05) is 37.3 Å². The lowest BCUT2D eigenvalue weighted by Gasteiger charge is -2.19. The molecule has 0 spiro atoms. The summed E-state index contributed by atoms with van der Waals surface area (Å²) < 4.78 is 31.8. The molecule has 0 aliphatic rings. The van der Waals surface area contributed by atoms with E-state index in [0.29, 0.717) is 5.69 Å². The molecule has 0 fully saturated rings. The van der Waals surface area contributed by atoms with Gasteiger partial charge in [-0.3, -0.25) is 9.59 Å². The molecule has 0 aliphatic heterocycles. The molecule has 2 rings (SSSR count). The molecular formula is C22H29N3O6S. The summed E-state index contributed by atoms with van der Waals surface area (Å²) in [5, 5.41) is 15.1. The molecule has 0 bridgehead atoms. The molecule has 2 aromatic rings. The van der Waals surface area contributed by atoms with Crippen LogP contribution >= 0.6 is 0 Å². The second-order valence-corrected chi connectivity index (χ2v) is 9.36. The smallest absolute Gasteiger partial charge is 0.243 e. The number of carbonyl (C=O) groups excluding carboxylic acids is 2. The number of hydrogen-bond acceptors (Lipinski definition) is 6. The van der Waals surface area contributed by atoms with Gasteiger partial charge in [-0.05, 0) is 36.8 Å². The van der Waals surface area contributed by atoms with Gasteiger partial charge in [0.15, 0.2) is 0 Å². The van der Waals surface area contributed by atoms with Crippen molar-refractivity contribution in [2.75, 3.05) is 32.1 Å². The molecule has 0 heterocycles. The molecule has 0 aliphatic carbocycles. The van der Waals surface area contributed by atoms with Gasteiger partial charge >= 0.3 is 0 Å². The summed E-state index contributed by atoms with van der Waals surface area (Å²) in [7, 11) is -2.61. The maximum absolute atomic E-state index is 12.6. The van der Waals surface area contributed by atoms with Gasteiger partial charge in [0.05, 0.1) is 30.3 Å². The van der Waals surface area contributed by atoms with Crippen LogP contribution in [0.5, 0.6) is 0 Å². The minimum Gasteiger partial charge on any atom is -0.389 e. The first-order chi connectivity index (χ1) is 15.1. The molecule has 2 amide bonds. The number of aliphatic hydroxyl groups excluding tert-OH is 1. The van der Waals surface area contributed by atoms with Crippen molar-refractivity contribution in [2.24, 2.45) is 0 Å². The largest absolute Gasteiger partial charge is 0.389 e. The zero-order chi connectivity index (χ0) is 23.7. The number of aliphatic hydroxyl groups is 1. The number of sulfonamides is 1. The number of benzene rings is 2. The van der Waals surface area contributed by atoms with Crippen molar-refractivity contribution < 1.29 is 27.9 Å². The Labute approximate surface area is 188 Å². The van der Waals surface area contributed by atoms with Gasteiger partial charge in [-0.1, -0.05) is 30.3 Å². The third-order valence-electron chi connectivity index (χ3n) is 4.59. The summed E-state index contributed by atoms with van der Waals surface area (Å²) in [4.78, 5) is 23.2. The van der Waals surface area contributed by atoms with Gasteiger partial charge in [0.25, 0.3) is 0 Å². The predicted molar refractivity (Wildman–Crippen MR) is 120 cm³/mol. The molecule has 0 aromatic heterocycles. The second kappa shape index (κ2) is 11.7. The number of amides is 2. The standard InChI is InChI=1S/C22H29N3O6S/c1-16(18-7-5-4-6-8-18)31-15-20(27)13-23-22(28)14-25(3)32(29,30)21-11-9-19(10-12-21)24-17(2)26/h4-12,16,20,27H,13-15H2,1-3H3,(H,23,28)(H,24,26)/t16-,20-/m0/s1. The number of ether oxygens (including phenoxy) is 1. The van der Waals surface area contributed by atoms with Crippen molar-refractivity contribution in [3.05, 3.63) is 60.2 Å². The lowest BCUT2D eigenvalue weighted by Crippen LogP contribution is -2.41. The molecule has 2 aromatic carbocycles. The fourth-order valence-corrected chi connectivity index (χ4v) is 3.93. The third-order valence-corrected chi connectivity index (χ3v) is 6.41. The Morgan fingerprint density at radius 3 is 2.31 bits per heavy atom. The highest BCUT2D eigenvalue weighted by atomic mass is 32.2. The number of nitrogens with zero attached hydrogens (tertiary/aromatic N) is 1. The Morgan fingerprint density at radius 2 is 1.72 bits per heavy atom. The molecule has 0 unspecified atom stereocenters. The molecule has 32 heavy (non-hydrogen) atoms. The zero-order valence-corrected chi connectivity index (χ0v) is 19.1. The Kier molecular flexibility index (Phi) is 9.33. The summed E-state index contributed by atoms with van der Waals surface area (Å²) in [5.74, 6) is -0.822. The highest BCUT2D eigenvalue weighted by molar-refractivity contribution is 7.89. The van der Waals surface area contributed by atoms with E-state index in [1.54, 1.807) is 0 Å². The maximum Gasteiger partial charge on any atom is 0.243 e. The van der Waals surface area contributed by atoms with Crippen molar-refractivity contribution in [2.45, 2.75) is 31.0 Å². The minimum atomic E-state index is -3.90. The number of carbonyl (C=O) groups is 2. The highest BCUT2D eigenvalue weighted by Gasteiger charge is 2.23. The van der Waals surface area contributed by atoms with Gasteiger partial charge in [-0.2, -0.15) is 4.31 Å². The SMILES string of the molecule is CC(=O)Nc1ccc(S(=O)(=O)N(C)CC(=O)NC[C@H](O)CO[C@@H](C)c2ccccc2)cc1. The first-order valence-corrected chi connectivity index (χ1v) is 11.5. The Bertz CT molecular complexity index is 996. The summed E-state index contributed by atoms with van der Waals surface area (Å²) in [5.41, 5.74) is 1.44. The van der Waals surface area contributed by atoms with E-state index in [4.69, 9.17) is 4.74 Å². The average Bonchev–Trinajstić information content (AvgIpc) is 2.76. The Hall–Kier alpha value is -2.79. The van der Waals surface area contributed by atoms with E-state index in [9.17, 15) is 23.1 Å². The number of hydrogen-bond donors (Lipinski definition) is 3.